The largest absolute Gasteiger partial charge is 0.435 e. The summed E-state index contributed by atoms with van der Waals surface area (Å²) in [6.07, 6.45) is 1.40. The summed E-state index contributed by atoms with van der Waals surface area (Å²) in [5, 5.41) is 6.75. The average Bonchev–Trinajstić information content (AvgIpc) is 2.83. The normalized spacial score (nSPS) is 10.8. The van der Waals surface area contributed by atoms with Gasteiger partial charge in [0.25, 0.3) is 0 Å². The van der Waals surface area contributed by atoms with E-state index in [1.165, 1.54) is 18.3 Å². The molecule has 6 nitrogen and oxygen atoms in total. The molecule has 0 aliphatic rings. The number of anilines is 1. The minimum absolute atomic E-state index is 0.000694. The quantitative estimate of drug-likeness (QED) is 0.738. The monoisotopic (exact) mass is 263 g/mol. The number of rotatable bonds is 2. The van der Waals surface area contributed by atoms with Gasteiger partial charge in [0.1, 0.15) is 5.39 Å². The molecule has 0 aliphatic heterocycles. The number of halogens is 2. The molecule has 2 aromatic heterocycles. The van der Waals surface area contributed by atoms with Crippen molar-refractivity contribution in [3.63, 3.8) is 0 Å². The number of H-pyrrole nitrogens is 1. The molecule has 0 aliphatic carbocycles. The third-order valence-corrected chi connectivity index (χ3v) is 2.41. The maximum atomic E-state index is 13.5. The molecule has 8 heteroatoms. The lowest BCUT2D eigenvalue weighted by Gasteiger charge is -2.07. The Morgan fingerprint density at radius 3 is 2.89 bits per heavy atom. The van der Waals surface area contributed by atoms with Crippen molar-refractivity contribution in [2.24, 2.45) is 0 Å². The van der Waals surface area contributed by atoms with Gasteiger partial charge in [-0.05, 0) is 12.1 Å². The molecule has 0 amide bonds. The van der Waals surface area contributed by atoms with Gasteiger partial charge in [-0.3, -0.25) is 5.10 Å². The van der Waals surface area contributed by atoms with E-state index in [0.29, 0.717) is 11.0 Å². The third-order valence-electron chi connectivity index (χ3n) is 2.41. The topological polar surface area (TPSA) is 89.7 Å². The van der Waals surface area contributed by atoms with Crippen LogP contribution in [0, 0.1) is 11.6 Å². The molecule has 0 saturated heterocycles. The molecule has 3 rings (SSSR count). The van der Waals surface area contributed by atoms with Crippen molar-refractivity contribution < 1.29 is 13.5 Å². The molecule has 0 bridgehead atoms. The number of nitrogen functional groups attached to an aromatic ring is 1. The molecule has 3 N–H and O–H groups in total. The summed E-state index contributed by atoms with van der Waals surface area (Å²) in [6.45, 7) is 0. The van der Waals surface area contributed by atoms with Crippen LogP contribution in [-0.4, -0.2) is 20.2 Å². The Bertz CT molecular complexity index is 758. The third kappa shape index (κ3) is 1.92. The van der Waals surface area contributed by atoms with Crippen LogP contribution in [0.3, 0.4) is 0 Å². The number of hydrogen-bond acceptors (Lipinski definition) is 5. The van der Waals surface area contributed by atoms with E-state index in [1.54, 1.807) is 0 Å². The second-order valence-corrected chi connectivity index (χ2v) is 3.67. The van der Waals surface area contributed by atoms with Crippen LogP contribution in [0.2, 0.25) is 0 Å². The van der Waals surface area contributed by atoms with Gasteiger partial charge in [0.05, 0.1) is 6.20 Å². The predicted octanol–water partition coefficient (Wildman–Crippen LogP) is 2.01. The maximum Gasteiger partial charge on any atom is 0.235 e. The van der Waals surface area contributed by atoms with Gasteiger partial charge in [-0.15, -0.1) is 0 Å². The van der Waals surface area contributed by atoms with E-state index in [2.05, 4.69) is 20.2 Å². The lowest BCUT2D eigenvalue weighted by Crippen LogP contribution is -1.99. The molecule has 0 fully saturated rings. The highest BCUT2D eigenvalue weighted by Crippen LogP contribution is 2.29. The number of benzene rings is 1. The first-order valence-electron chi connectivity index (χ1n) is 5.23. The molecule has 2 heterocycles. The van der Waals surface area contributed by atoms with Gasteiger partial charge in [0.15, 0.2) is 17.2 Å². The van der Waals surface area contributed by atoms with Gasteiger partial charge in [0, 0.05) is 0 Å². The van der Waals surface area contributed by atoms with E-state index in [4.69, 9.17) is 10.5 Å². The Hall–Kier alpha value is -2.77. The van der Waals surface area contributed by atoms with Crippen molar-refractivity contribution in [1.29, 1.82) is 0 Å². The highest BCUT2D eigenvalue weighted by atomic mass is 19.2. The minimum atomic E-state index is -1.10. The van der Waals surface area contributed by atoms with Crippen molar-refractivity contribution >= 4 is 17.0 Å². The van der Waals surface area contributed by atoms with Gasteiger partial charge in [-0.2, -0.15) is 19.5 Å². The van der Waals surface area contributed by atoms with Crippen LogP contribution in [0.25, 0.3) is 11.0 Å². The molecular formula is C11H7F2N5O. The summed E-state index contributed by atoms with van der Waals surface area (Å²) >= 11 is 0. The fourth-order valence-corrected chi connectivity index (χ4v) is 1.57. The number of aromatic nitrogens is 4. The van der Waals surface area contributed by atoms with Crippen molar-refractivity contribution in [2.45, 2.75) is 0 Å². The van der Waals surface area contributed by atoms with Gasteiger partial charge in [-0.1, -0.05) is 6.07 Å². The smallest absolute Gasteiger partial charge is 0.235 e. The minimum Gasteiger partial charge on any atom is -0.435 e. The van der Waals surface area contributed by atoms with Crippen LogP contribution >= 0.6 is 0 Å². The van der Waals surface area contributed by atoms with Crippen LogP contribution in [-0.2, 0) is 0 Å². The van der Waals surface area contributed by atoms with Crippen molar-refractivity contribution in [1.82, 2.24) is 20.2 Å². The summed E-state index contributed by atoms with van der Waals surface area (Å²) in [7, 11) is 0. The molecule has 1 aromatic carbocycles. The van der Waals surface area contributed by atoms with E-state index in [9.17, 15) is 8.78 Å². The Morgan fingerprint density at radius 2 is 2.05 bits per heavy atom. The zero-order chi connectivity index (χ0) is 13.4. The fraction of sp³-hybridized carbons (Fsp3) is 0. The SMILES string of the molecule is Nc1nc(Oc2cccc(F)c2F)c2cn[nH]c2n1. The predicted molar refractivity (Wildman–Crippen MR) is 62.5 cm³/mol. The second kappa shape index (κ2) is 4.16. The first-order chi connectivity index (χ1) is 9.15. The van der Waals surface area contributed by atoms with E-state index >= 15 is 0 Å². The molecular weight excluding hydrogens is 256 g/mol. The maximum absolute atomic E-state index is 13.5. The first kappa shape index (κ1) is 11.3. The molecule has 96 valence electrons. The number of nitrogens with two attached hydrogens (primary N) is 1. The van der Waals surface area contributed by atoms with Gasteiger partial charge >= 0.3 is 0 Å². The van der Waals surface area contributed by atoms with Crippen LogP contribution in [0.15, 0.2) is 24.4 Å². The number of ether oxygens (including phenoxy) is 1. The summed E-state index contributed by atoms with van der Waals surface area (Å²) in [5.74, 6) is -2.47. The highest BCUT2D eigenvalue weighted by molar-refractivity contribution is 5.80. The van der Waals surface area contributed by atoms with Gasteiger partial charge in [-0.25, -0.2) is 4.39 Å². The van der Waals surface area contributed by atoms with E-state index in [1.807, 2.05) is 0 Å². The Morgan fingerprint density at radius 1 is 1.21 bits per heavy atom. The molecule has 0 unspecified atom stereocenters. The van der Waals surface area contributed by atoms with E-state index in [-0.39, 0.29) is 17.6 Å². The van der Waals surface area contributed by atoms with Crippen LogP contribution in [0.5, 0.6) is 11.6 Å². The van der Waals surface area contributed by atoms with Crippen molar-refractivity contribution in [3.05, 3.63) is 36.0 Å². The summed E-state index contributed by atoms with van der Waals surface area (Å²) in [5.41, 5.74) is 5.83. The number of nitrogens with zero attached hydrogens (tertiary/aromatic N) is 3. The van der Waals surface area contributed by atoms with Crippen molar-refractivity contribution in [2.75, 3.05) is 5.73 Å². The molecule has 3 aromatic rings. The molecule has 0 atom stereocenters. The Labute approximate surface area is 105 Å². The molecule has 19 heavy (non-hydrogen) atoms. The number of fused-ring (bicyclic) bond motifs is 1. The number of aromatic amines is 1. The average molecular weight is 263 g/mol. The second-order valence-electron chi connectivity index (χ2n) is 3.67. The summed E-state index contributed by atoms with van der Waals surface area (Å²) in [6, 6.07) is 3.59. The van der Waals surface area contributed by atoms with Crippen LogP contribution in [0.4, 0.5) is 14.7 Å². The fourth-order valence-electron chi connectivity index (χ4n) is 1.57. The zero-order valence-electron chi connectivity index (χ0n) is 9.39. The number of hydrogen-bond donors (Lipinski definition) is 2. The molecule has 0 radical (unpaired) electrons. The van der Waals surface area contributed by atoms with E-state index in [0.717, 1.165) is 6.07 Å². The highest BCUT2D eigenvalue weighted by Gasteiger charge is 2.14. The van der Waals surface area contributed by atoms with Crippen LogP contribution in [0.1, 0.15) is 0 Å². The van der Waals surface area contributed by atoms with E-state index < -0.39 is 11.6 Å². The van der Waals surface area contributed by atoms with Crippen molar-refractivity contribution in [3.8, 4) is 11.6 Å². The lowest BCUT2D eigenvalue weighted by atomic mass is 10.3. The van der Waals surface area contributed by atoms with Gasteiger partial charge in [0.2, 0.25) is 17.6 Å². The summed E-state index contributed by atoms with van der Waals surface area (Å²) < 4.78 is 31.8. The lowest BCUT2D eigenvalue weighted by molar-refractivity contribution is 0.409. The molecule has 0 spiro atoms. The zero-order valence-corrected chi connectivity index (χ0v) is 9.39. The first-order valence-corrected chi connectivity index (χ1v) is 5.23. The number of nitrogens with one attached hydrogen (secondary N) is 1. The Balaban J connectivity index is 2.10. The van der Waals surface area contributed by atoms with Gasteiger partial charge < -0.3 is 10.5 Å². The Kier molecular flexibility index (Phi) is 2.48. The summed E-state index contributed by atoms with van der Waals surface area (Å²) in [4.78, 5) is 7.71. The standard InChI is InChI=1S/C11H7F2N5O/c12-6-2-1-3-7(8(6)13)19-10-5-4-15-18-9(5)16-11(14)17-10/h1-4H,(H3,14,15,16,17,18). The molecule has 0 saturated carbocycles. The van der Waals surface area contributed by atoms with Crippen LogP contribution < -0.4 is 10.5 Å².